The molecule has 1 aliphatic carbocycles. The summed E-state index contributed by atoms with van der Waals surface area (Å²) >= 11 is 0. The summed E-state index contributed by atoms with van der Waals surface area (Å²) in [5, 5.41) is 10.5. The van der Waals surface area contributed by atoms with E-state index in [9.17, 15) is 5.11 Å². The van der Waals surface area contributed by atoms with E-state index < -0.39 is 0 Å². The number of hydrogen-bond donors (Lipinski definition) is 1. The van der Waals surface area contributed by atoms with Gasteiger partial charge in [-0.3, -0.25) is 0 Å². The van der Waals surface area contributed by atoms with Crippen LogP contribution in [0.25, 0.3) is 0 Å². The summed E-state index contributed by atoms with van der Waals surface area (Å²) in [4.78, 5) is 0. The zero-order valence-corrected chi connectivity index (χ0v) is 14.7. The summed E-state index contributed by atoms with van der Waals surface area (Å²) < 4.78 is 0. The molecule has 0 radical (unpaired) electrons. The predicted octanol–water partition coefficient (Wildman–Crippen LogP) is 5.81. The minimum Gasteiger partial charge on any atom is -0.389 e. The van der Waals surface area contributed by atoms with E-state index in [1.807, 2.05) is 0 Å². The monoisotopic (exact) mass is 290 g/mol. The van der Waals surface area contributed by atoms with E-state index in [0.717, 1.165) is 32.1 Å². The summed E-state index contributed by atoms with van der Waals surface area (Å²) in [7, 11) is 0. The number of aliphatic hydroxyl groups is 1. The first-order chi connectivity index (χ1) is 9.90. The molecular weight excluding hydrogens is 256 g/mol. The van der Waals surface area contributed by atoms with Crippen LogP contribution >= 0.6 is 0 Å². The van der Waals surface area contributed by atoms with Gasteiger partial charge in [-0.1, -0.05) is 48.8 Å². The Labute approximate surface area is 131 Å². The van der Waals surface area contributed by atoms with Crippen LogP contribution in [-0.4, -0.2) is 11.2 Å². The predicted molar refractivity (Wildman–Crippen MR) is 93.3 cm³/mol. The van der Waals surface area contributed by atoms with Crippen molar-refractivity contribution in [1.82, 2.24) is 0 Å². The molecule has 0 aliphatic heterocycles. The molecule has 1 aliphatic rings. The SMILES string of the molecule is C/C1=C\CC/C(C)=C/C(O)C(C(C)C)CC/C(C)=C/CC1. The van der Waals surface area contributed by atoms with Gasteiger partial charge in [0.25, 0.3) is 0 Å². The molecule has 2 atom stereocenters. The normalized spacial score (nSPS) is 34.1. The first-order valence-corrected chi connectivity index (χ1v) is 8.56. The molecule has 0 aromatic carbocycles. The Morgan fingerprint density at radius 3 is 2.00 bits per heavy atom. The molecular formula is C20H34O. The van der Waals surface area contributed by atoms with Gasteiger partial charge >= 0.3 is 0 Å². The Morgan fingerprint density at radius 1 is 0.905 bits per heavy atom. The molecule has 0 saturated heterocycles. The van der Waals surface area contributed by atoms with Gasteiger partial charge in [0.05, 0.1) is 6.10 Å². The number of aliphatic hydroxyl groups excluding tert-OH is 1. The van der Waals surface area contributed by atoms with Crippen molar-refractivity contribution in [3.05, 3.63) is 34.9 Å². The van der Waals surface area contributed by atoms with E-state index in [2.05, 4.69) is 52.8 Å². The second-order valence-electron chi connectivity index (χ2n) is 7.13. The van der Waals surface area contributed by atoms with Gasteiger partial charge in [-0.2, -0.15) is 0 Å². The Morgan fingerprint density at radius 2 is 1.43 bits per heavy atom. The van der Waals surface area contributed by atoms with Crippen LogP contribution in [0.1, 0.15) is 73.1 Å². The Kier molecular flexibility index (Phi) is 8.03. The van der Waals surface area contributed by atoms with Gasteiger partial charge in [0.1, 0.15) is 0 Å². The van der Waals surface area contributed by atoms with Crippen molar-refractivity contribution in [3.63, 3.8) is 0 Å². The summed E-state index contributed by atoms with van der Waals surface area (Å²) in [5.41, 5.74) is 4.28. The van der Waals surface area contributed by atoms with Gasteiger partial charge in [0.15, 0.2) is 0 Å². The summed E-state index contributed by atoms with van der Waals surface area (Å²) in [6.45, 7) is 11.1. The van der Waals surface area contributed by atoms with Gasteiger partial charge in [-0.05, 0) is 71.1 Å². The molecule has 0 spiro atoms. The lowest BCUT2D eigenvalue weighted by Crippen LogP contribution is -2.24. The van der Waals surface area contributed by atoms with Crippen LogP contribution < -0.4 is 0 Å². The third kappa shape index (κ3) is 7.13. The zero-order valence-electron chi connectivity index (χ0n) is 14.7. The molecule has 1 N–H and O–H groups in total. The minimum atomic E-state index is -0.300. The van der Waals surface area contributed by atoms with E-state index in [4.69, 9.17) is 0 Å². The highest BCUT2D eigenvalue weighted by atomic mass is 16.3. The Balaban J connectivity index is 2.88. The third-order valence-corrected chi connectivity index (χ3v) is 4.69. The maximum atomic E-state index is 10.5. The molecule has 2 unspecified atom stereocenters. The second kappa shape index (κ2) is 9.25. The highest BCUT2D eigenvalue weighted by molar-refractivity contribution is 5.09. The van der Waals surface area contributed by atoms with Crippen molar-refractivity contribution in [3.8, 4) is 0 Å². The largest absolute Gasteiger partial charge is 0.389 e. The lowest BCUT2D eigenvalue weighted by atomic mass is 9.84. The van der Waals surface area contributed by atoms with Crippen molar-refractivity contribution >= 4 is 0 Å². The van der Waals surface area contributed by atoms with E-state index in [0.29, 0.717) is 11.8 Å². The average Bonchev–Trinajstić information content (AvgIpc) is 2.37. The lowest BCUT2D eigenvalue weighted by Gasteiger charge is -2.25. The van der Waals surface area contributed by atoms with Gasteiger partial charge in [0, 0.05) is 0 Å². The number of rotatable bonds is 1. The second-order valence-corrected chi connectivity index (χ2v) is 7.13. The highest BCUT2D eigenvalue weighted by Gasteiger charge is 2.20. The molecule has 0 saturated carbocycles. The lowest BCUT2D eigenvalue weighted by molar-refractivity contribution is 0.115. The Bertz CT molecular complexity index is 398. The van der Waals surface area contributed by atoms with Crippen LogP contribution in [0.15, 0.2) is 34.9 Å². The van der Waals surface area contributed by atoms with E-state index in [-0.39, 0.29) is 6.10 Å². The molecule has 0 aromatic rings. The molecule has 0 fully saturated rings. The highest BCUT2D eigenvalue weighted by Crippen LogP contribution is 2.26. The minimum absolute atomic E-state index is 0.300. The maximum Gasteiger partial charge on any atom is 0.0754 e. The molecule has 0 heterocycles. The fourth-order valence-electron chi connectivity index (χ4n) is 3.09. The van der Waals surface area contributed by atoms with Crippen molar-refractivity contribution < 1.29 is 5.11 Å². The van der Waals surface area contributed by atoms with Crippen LogP contribution in [0.3, 0.4) is 0 Å². The quantitative estimate of drug-likeness (QED) is 0.604. The zero-order chi connectivity index (χ0) is 15.8. The third-order valence-electron chi connectivity index (χ3n) is 4.69. The van der Waals surface area contributed by atoms with Gasteiger partial charge in [0.2, 0.25) is 0 Å². The molecule has 0 bridgehead atoms. The van der Waals surface area contributed by atoms with Gasteiger partial charge < -0.3 is 5.11 Å². The van der Waals surface area contributed by atoms with Crippen molar-refractivity contribution in [2.45, 2.75) is 79.2 Å². The van der Waals surface area contributed by atoms with E-state index in [1.54, 1.807) is 0 Å². The average molecular weight is 290 g/mol. The van der Waals surface area contributed by atoms with E-state index in [1.165, 1.54) is 23.1 Å². The topological polar surface area (TPSA) is 20.2 Å². The van der Waals surface area contributed by atoms with Crippen LogP contribution in [0, 0.1) is 11.8 Å². The molecule has 0 aromatic heterocycles. The summed E-state index contributed by atoms with van der Waals surface area (Å²) in [6.07, 6.45) is 13.2. The first kappa shape index (κ1) is 18.2. The molecule has 1 nitrogen and oxygen atoms in total. The smallest absolute Gasteiger partial charge is 0.0754 e. The molecule has 21 heavy (non-hydrogen) atoms. The maximum absolute atomic E-state index is 10.5. The van der Waals surface area contributed by atoms with Crippen molar-refractivity contribution in [1.29, 1.82) is 0 Å². The molecule has 1 rings (SSSR count). The molecule has 0 amide bonds. The van der Waals surface area contributed by atoms with Crippen molar-refractivity contribution in [2.75, 3.05) is 0 Å². The standard InChI is InChI=1S/C20H34O/c1-15(2)19-13-12-17(4)10-6-8-16(3)9-7-11-18(5)14-20(19)21/h9-10,14-15,19-21H,6-8,11-13H2,1-5H3/b16-9+,17-10+,18-14+. The first-order valence-electron chi connectivity index (χ1n) is 8.56. The molecule has 120 valence electrons. The van der Waals surface area contributed by atoms with Crippen LogP contribution in [0.5, 0.6) is 0 Å². The van der Waals surface area contributed by atoms with Crippen LogP contribution in [0.4, 0.5) is 0 Å². The summed E-state index contributed by atoms with van der Waals surface area (Å²) in [5.74, 6) is 0.885. The van der Waals surface area contributed by atoms with Crippen LogP contribution in [0.2, 0.25) is 0 Å². The summed E-state index contributed by atoms with van der Waals surface area (Å²) in [6, 6.07) is 0. The van der Waals surface area contributed by atoms with Gasteiger partial charge in [-0.15, -0.1) is 0 Å². The van der Waals surface area contributed by atoms with E-state index >= 15 is 0 Å². The number of hydrogen-bond acceptors (Lipinski definition) is 1. The fraction of sp³-hybridized carbons (Fsp3) is 0.700. The Hall–Kier alpha value is -0.820. The van der Waals surface area contributed by atoms with Crippen molar-refractivity contribution in [2.24, 2.45) is 11.8 Å². The van der Waals surface area contributed by atoms with Crippen LogP contribution in [-0.2, 0) is 0 Å². The van der Waals surface area contributed by atoms with Gasteiger partial charge in [-0.25, -0.2) is 0 Å². The number of allylic oxidation sites excluding steroid dienone is 5. The molecule has 1 heteroatoms. The fourth-order valence-corrected chi connectivity index (χ4v) is 3.09.